The minimum Gasteiger partial charge on any atom is -0.335 e. The molecule has 1 aliphatic heterocycles. The number of fused-ring (bicyclic) bond motifs is 1. The first kappa shape index (κ1) is 14.1. The Labute approximate surface area is 128 Å². The SMILES string of the molecule is Cc1cscc1NC(=O)N(C)CC1CCn2ccnc2C1. The first-order valence-electron chi connectivity index (χ1n) is 7.18. The summed E-state index contributed by atoms with van der Waals surface area (Å²) in [6.45, 7) is 3.77. The number of rotatable bonds is 3. The van der Waals surface area contributed by atoms with E-state index < -0.39 is 0 Å². The van der Waals surface area contributed by atoms with Crippen molar-refractivity contribution >= 4 is 23.1 Å². The number of amides is 2. The number of thiophene rings is 1. The van der Waals surface area contributed by atoms with Gasteiger partial charge < -0.3 is 14.8 Å². The average molecular weight is 304 g/mol. The van der Waals surface area contributed by atoms with Crippen molar-refractivity contribution in [2.24, 2.45) is 5.92 Å². The van der Waals surface area contributed by atoms with E-state index in [-0.39, 0.29) is 6.03 Å². The maximum atomic E-state index is 12.2. The molecule has 1 aliphatic rings. The van der Waals surface area contributed by atoms with Gasteiger partial charge in [0.15, 0.2) is 0 Å². The standard InChI is InChI=1S/C15H20N4OS/c1-11-9-21-10-13(11)17-15(20)18(2)8-12-3-5-19-6-4-16-14(19)7-12/h4,6,9-10,12H,3,5,7-8H2,1-2H3,(H,17,20). The van der Waals surface area contributed by atoms with Gasteiger partial charge in [-0.25, -0.2) is 9.78 Å². The van der Waals surface area contributed by atoms with Crippen LogP contribution in [0, 0.1) is 12.8 Å². The Morgan fingerprint density at radius 1 is 1.57 bits per heavy atom. The third-order valence-electron chi connectivity index (χ3n) is 4.03. The molecule has 3 rings (SSSR count). The van der Waals surface area contributed by atoms with E-state index in [1.165, 1.54) is 0 Å². The Kier molecular flexibility index (Phi) is 3.96. The van der Waals surface area contributed by atoms with Crippen molar-refractivity contribution in [1.29, 1.82) is 0 Å². The highest BCUT2D eigenvalue weighted by Gasteiger charge is 2.22. The molecule has 6 heteroatoms. The fourth-order valence-electron chi connectivity index (χ4n) is 2.74. The number of carbonyl (C=O) groups is 1. The molecule has 112 valence electrons. The topological polar surface area (TPSA) is 50.2 Å². The van der Waals surface area contributed by atoms with E-state index in [0.29, 0.717) is 5.92 Å². The Hall–Kier alpha value is -1.82. The molecule has 1 N–H and O–H groups in total. The molecule has 0 radical (unpaired) electrons. The molecule has 0 aromatic carbocycles. The molecule has 5 nitrogen and oxygen atoms in total. The summed E-state index contributed by atoms with van der Waals surface area (Å²) in [5.74, 6) is 1.62. The minimum atomic E-state index is -0.0367. The van der Waals surface area contributed by atoms with E-state index in [2.05, 4.69) is 14.9 Å². The molecule has 0 aliphatic carbocycles. The van der Waals surface area contributed by atoms with Crippen molar-refractivity contribution in [2.45, 2.75) is 26.3 Å². The molecule has 2 aromatic heterocycles. The van der Waals surface area contributed by atoms with Crippen molar-refractivity contribution in [1.82, 2.24) is 14.5 Å². The number of hydrogen-bond acceptors (Lipinski definition) is 3. The number of aromatic nitrogens is 2. The van der Waals surface area contributed by atoms with Crippen LogP contribution < -0.4 is 5.32 Å². The number of hydrogen-bond donors (Lipinski definition) is 1. The van der Waals surface area contributed by atoms with Gasteiger partial charge in [0.2, 0.25) is 0 Å². The zero-order chi connectivity index (χ0) is 14.8. The van der Waals surface area contributed by atoms with Crippen LogP contribution in [0.15, 0.2) is 23.2 Å². The van der Waals surface area contributed by atoms with E-state index in [0.717, 1.165) is 43.0 Å². The lowest BCUT2D eigenvalue weighted by Gasteiger charge is -2.27. The summed E-state index contributed by atoms with van der Waals surface area (Å²) in [5, 5.41) is 6.98. The smallest absolute Gasteiger partial charge is 0.321 e. The van der Waals surface area contributed by atoms with Crippen LogP contribution in [0.25, 0.3) is 0 Å². The monoisotopic (exact) mass is 304 g/mol. The zero-order valence-corrected chi connectivity index (χ0v) is 13.2. The summed E-state index contributed by atoms with van der Waals surface area (Å²) in [6.07, 6.45) is 5.93. The quantitative estimate of drug-likeness (QED) is 0.947. The van der Waals surface area contributed by atoms with Gasteiger partial charge in [-0.05, 0) is 30.2 Å². The minimum absolute atomic E-state index is 0.0367. The highest BCUT2D eigenvalue weighted by atomic mass is 32.1. The molecule has 3 heterocycles. The lowest BCUT2D eigenvalue weighted by Crippen LogP contribution is -2.37. The van der Waals surface area contributed by atoms with Crippen LogP contribution in [0.5, 0.6) is 0 Å². The van der Waals surface area contributed by atoms with Crippen LogP contribution in [0.1, 0.15) is 17.8 Å². The first-order valence-corrected chi connectivity index (χ1v) is 8.12. The van der Waals surface area contributed by atoms with Crippen LogP contribution in [-0.4, -0.2) is 34.1 Å². The van der Waals surface area contributed by atoms with Crippen molar-refractivity contribution in [3.05, 3.63) is 34.5 Å². The summed E-state index contributed by atoms with van der Waals surface area (Å²) in [5.41, 5.74) is 2.03. The highest BCUT2D eigenvalue weighted by Crippen LogP contribution is 2.22. The molecule has 0 saturated heterocycles. The van der Waals surface area contributed by atoms with E-state index in [1.807, 2.05) is 37.1 Å². The van der Waals surface area contributed by atoms with E-state index >= 15 is 0 Å². The lowest BCUT2D eigenvalue weighted by atomic mass is 9.97. The summed E-state index contributed by atoms with van der Waals surface area (Å²) in [7, 11) is 1.86. The number of nitrogens with one attached hydrogen (secondary N) is 1. The van der Waals surface area contributed by atoms with E-state index in [1.54, 1.807) is 16.2 Å². The molecule has 21 heavy (non-hydrogen) atoms. The molecule has 1 unspecified atom stereocenters. The van der Waals surface area contributed by atoms with Crippen molar-refractivity contribution in [2.75, 3.05) is 18.9 Å². The number of aryl methyl sites for hydroxylation is 2. The number of urea groups is 1. The molecular weight excluding hydrogens is 284 g/mol. The third kappa shape index (κ3) is 3.10. The van der Waals surface area contributed by atoms with Crippen LogP contribution in [0.4, 0.5) is 10.5 Å². The van der Waals surface area contributed by atoms with Crippen LogP contribution in [0.2, 0.25) is 0 Å². The van der Waals surface area contributed by atoms with Gasteiger partial charge in [-0.15, -0.1) is 11.3 Å². The number of imidazole rings is 1. The zero-order valence-electron chi connectivity index (χ0n) is 12.4. The molecule has 0 spiro atoms. The number of carbonyl (C=O) groups excluding carboxylic acids is 1. The van der Waals surface area contributed by atoms with Crippen LogP contribution >= 0.6 is 11.3 Å². The van der Waals surface area contributed by atoms with Gasteiger partial charge in [0.1, 0.15) is 5.82 Å². The van der Waals surface area contributed by atoms with Crippen molar-refractivity contribution < 1.29 is 4.79 Å². The number of anilines is 1. The van der Waals surface area contributed by atoms with Crippen molar-refractivity contribution in [3.8, 4) is 0 Å². The van der Waals surface area contributed by atoms with Gasteiger partial charge in [-0.2, -0.15) is 0 Å². The Bertz CT molecular complexity index is 633. The third-order valence-corrected chi connectivity index (χ3v) is 4.89. The molecule has 2 aromatic rings. The second kappa shape index (κ2) is 5.89. The first-order chi connectivity index (χ1) is 10.1. The second-order valence-corrected chi connectivity index (χ2v) is 6.42. The van der Waals surface area contributed by atoms with E-state index in [9.17, 15) is 4.79 Å². The predicted octanol–water partition coefficient (Wildman–Crippen LogP) is 2.98. The lowest BCUT2D eigenvalue weighted by molar-refractivity contribution is 0.207. The Morgan fingerprint density at radius 3 is 3.19 bits per heavy atom. The van der Waals surface area contributed by atoms with Crippen molar-refractivity contribution in [3.63, 3.8) is 0 Å². The summed E-state index contributed by atoms with van der Waals surface area (Å²) in [4.78, 5) is 18.4. The summed E-state index contributed by atoms with van der Waals surface area (Å²) >= 11 is 1.60. The fourth-order valence-corrected chi connectivity index (χ4v) is 3.52. The summed E-state index contributed by atoms with van der Waals surface area (Å²) in [6, 6.07) is -0.0367. The van der Waals surface area contributed by atoms with Gasteiger partial charge in [0.05, 0.1) is 5.69 Å². The fraction of sp³-hybridized carbons (Fsp3) is 0.467. The Balaban J connectivity index is 1.56. The van der Waals surface area contributed by atoms with Crippen LogP contribution in [0.3, 0.4) is 0 Å². The maximum absolute atomic E-state index is 12.2. The molecule has 0 fully saturated rings. The van der Waals surface area contributed by atoms with Gasteiger partial charge in [0, 0.05) is 44.3 Å². The Morgan fingerprint density at radius 2 is 2.43 bits per heavy atom. The van der Waals surface area contributed by atoms with Crippen LogP contribution in [-0.2, 0) is 13.0 Å². The number of nitrogens with zero attached hydrogens (tertiary/aromatic N) is 3. The second-order valence-electron chi connectivity index (χ2n) is 5.67. The van der Waals surface area contributed by atoms with Gasteiger partial charge in [-0.3, -0.25) is 0 Å². The van der Waals surface area contributed by atoms with E-state index in [4.69, 9.17) is 0 Å². The average Bonchev–Trinajstić information content (AvgIpc) is 3.07. The van der Waals surface area contributed by atoms with Gasteiger partial charge in [-0.1, -0.05) is 0 Å². The maximum Gasteiger partial charge on any atom is 0.321 e. The molecule has 2 amide bonds. The molecular formula is C15H20N4OS. The summed E-state index contributed by atoms with van der Waals surface area (Å²) < 4.78 is 2.20. The molecule has 0 bridgehead atoms. The molecule has 1 atom stereocenters. The highest BCUT2D eigenvalue weighted by molar-refractivity contribution is 7.08. The van der Waals surface area contributed by atoms with Gasteiger partial charge >= 0.3 is 6.03 Å². The molecule has 0 saturated carbocycles. The predicted molar refractivity (Wildman–Crippen MR) is 84.7 cm³/mol. The largest absolute Gasteiger partial charge is 0.335 e. The van der Waals surface area contributed by atoms with Gasteiger partial charge in [0.25, 0.3) is 0 Å². The normalized spacial score (nSPS) is 17.3.